The van der Waals surface area contributed by atoms with Crippen LogP contribution in [0.15, 0.2) is 51.6 Å². The van der Waals surface area contributed by atoms with Gasteiger partial charge in [0.15, 0.2) is 0 Å². The van der Waals surface area contributed by atoms with Crippen LogP contribution in [0.5, 0.6) is 5.75 Å². The van der Waals surface area contributed by atoms with E-state index in [1.165, 1.54) is 30.4 Å². The number of amides is 2. The molecular weight excluding hydrogens is 563 g/mol. The van der Waals surface area contributed by atoms with Gasteiger partial charge in [0.2, 0.25) is 0 Å². The summed E-state index contributed by atoms with van der Waals surface area (Å²) in [5, 5.41) is 4.65. The highest BCUT2D eigenvalue weighted by molar-refractivity contribution is 7.96. The Morgan fingerprint density at radius 1 is 1.17 bits per heavy atom. The van der Waals surface area contributed by atoms with Gasteiger partial charge >= 0.3 is 12.7 Å². The fourth-order valence-corrected chi connectivity index (χ4v) is 8.50. The van der Waals surface area contributed by atoms with Crippen molar-refractivity contribution in [2.75, 3.05) is 6.54 Å². The zero-order chi connectivity index (χ0) is 30.4. The predicted molar refractivity (Wildman–Crippen MR) is 147 cm³/mol. The summed E-state index contributed by atoms with van der Waals surface area (Å²) in [7, 11) is -3.05. The molecule has 0 bridgehead atoms. The number of ether oxygens (including phenoxy) is 2. The number of nitrogens with zero attached hydrogens (tertiary/aromatic N) is 3. The van der Waals surface area contributed by atoms with Crippen molar-refractivity contribution in [1.82, 2.24) is 15.6 Å². The smallest absolute Gasteiger partial charge is 0.413 e. The van der Waals surface area contributed by atoms with Crippen molar-refractivity contribution in [3.63, 3.8) is 0 Å². The van der Waals surface area contributed by atoms with E-state index < -0.39 is 61.6 Å². The zero-order valence-corrected chi connectivity index (χ0v) is 24.4. The lowest BCUT2D eigenvalue weighted by Crippen LogP contribution is -2.64. The molecule has 2 amide bonds. The van der Waals surface area contributed by atoms with Crippen molar-refractivity contribution in [2.24, 2.45) is 15.3 Å². The van der Waals surface area contributed by atoms with E-state index in [0.717, 1.165) is 6.20 Å². The Bertz CT molecular complexity index is 1430. The molecule has 0 saturated carbocycles. The molecular formula is C27H34F3N5O5S. The number of aromatic nitrogens is 1. The number of allylic oxidation sites excluding steroid dienone is 2. The second-order valence-corrected chi connectivity index (χ2v) is 14.7. The lowest BCUT2D eigenvalue weighted by molar-refractivity contribution is -0.0500. The third-order valence-corrected chi connectivity index (χ3v) is 11.0. The van der Waals surface area contributed by atoms with Crippen LogP contribution in [0.25, 0.3) is 0 Å². The van der Waals surface area contributed by atoms with Crippen molar-refractivity contribution < 1.29 is 36.4 Å². The number of alkyl halides is 3. The third-order valence-electron chi connectivity index (χ3n) is 7.27. The molecule has 14 heteroatoms. The number of nitrogens with one attached hydrogen (secondary N) is 2. The number of alkyl carbamates (subject to hydrolysis) is 1. The van der Waals surface area contributed by atoms with Crippen molar-refractivity contribution in [3.05, 3.63) is 47.9 Å². The Morgan fingerprint density at radius 3 is 2.49 bits per heavy atom. The monoisotopic (exact) mass is 597 g/mol. The number of hydrogen-bond donors (Lipinski definition) is 2. The largest absolute Gasteiger partial charge is 0.444 e. The molecule has 5 atom stereocenters. The number of halogens is 3. The minimum Gasteiger partial charge on any atom is -0.444 e. The van der Waals surface area contributed by atoms with Gasteiger partial charge in [0, 0.05) is 18.2 Å². The lowest BCUT2D eigenvalue weighted by atomic mass is 9.76. The average Bonchev–Trinajstić information content (AvgIpc) is 3.27. The minimum atomic E-state index is -3.05. The molecule has 2 N–H and O–H groups in total. The van der Waals surface area contributed by atoms with Gasteiger partial charge in [-0.3, -0.25) is 15.1 Å². The van der Waals surface area contributed by atoms with Gasteiger partial charge in [-0.2, -0.15) is 8.78 Å². The highest BCUT2D eigenvalue weighted by Gasteiger charge is 2.60. The number of pyridine rings is 1. The molecule has 0 spiro atoms. The lowest BCUT2D eigenvalue weighted by Gasteiger charge is -2.48. The highest BCUT2D eigenvalue weighted by atomic mass is 32.2. The maximum atomic E-state index is 15.6. The summed E-state index contributed by atoms with van der Waals surface area (Å²) < 4.78 is 67.8. The number of amidine groups is 1. The van der Waals surface area contributed by atoms with Crippen LogP contribution in [0.4, 0.5) is 18.0 Å². The molecule has 0 aromatic carbocycles. The fraction of sp³-hybridized carbons (Fsp3) is 0.556. The van der Waals surface area contributed by atoms with Gasteiger partial charge in [0.1, 0.15) is 33.8 Å². The predicted octanol–water partition coefficient (Wildman–Crippen LogP) is 4.54. The molecule has 1 aliphatic carbocycles. The van der Waals surface area contributed by atoms with E-state index in [-0.39, 0.29) is 23.0 Å². The Kier molecular flexibility index (Phi) is 8.02. The van der Waals surface area contributed by atoms with Gasteiger partial charge < -0.3 is 14.8 Å². The third kappa shape index (κ3) is 5.97. The molecule has 4 rings (SSSR count). The number of hydrogen-bond acceptors (Lipinski definition) is 8. The van der Waals surface area contributed by atoms with Crippen molar-refractivity contribution in [3.8, 4) is 5.75 Å². The Balaban J connectivity index is 1.67. The maximum absolute atomic E-state index is 15.6. The van der Waals surface area contributed by atoms with E-state index in [2.05, 4.69) is 24.7 Å². The molecule has 10 nitrogen and oxygen atoms in total. The standard InChI is InChI=1S/C27H34F3N5O5S/c1-25(2,3)40-24(37)34-22-26(4,5)41(38)20(11-12-32-41)27(6,35-22)17-13-15(7-9-18(17)28)33-21(36)19-10-8-16(14-31-19)39-23(29)30/h7-10,13-14,17-18,20,23H,11-12H2,1-6H3,(H,33,36)(H,34,35,37)/t17?,18?,20-,27+,41+/m0/s1. The minimum absolute atomic E-state index is 0.0788. The number of rotatable bonds is 5. The molecule has 1 aromatic heterocycles. The van der Waals surface area contributed by atoms with Crippen molar-refractivity contribution >= 4 is 27.6 Å². The van der Waals surface area contributed by atoms with E-state index >= 15 is 4.39 Å². The molecule has 2 unspecified atom stereocenters. The first-order chi connectivity index (χ1) is 19.0. The van der Waals surface area contributed by atoms with E-state index in [1.807, 2.05) is 0 Å². The van der Waals surface area contributed by atoms with Crippen molar-refractivity contribution in [2.45, 2.75) is 81.9 Å². The molecule has 0 saturated heterocycles. The van der Waals surface area contributed by atoms with Crippen LogP contribution in [0.3, 0.4) is 0 Å². The van der Waals surface area contributed by atoms with Gasteiger partial charge in [-0.25, -0.2) is 22.7 Å². The van der Waals surface area contributed by atoms with Gasteiger partial charge in [0.25, 0.3) is 5.91 Å². The number of fused-ring (bicyclic) bond motifs is 1. The molecule has 41 heavy (non-hydrogen) atoms. The van der Waals surface area contributed by atoms with E-state index in [0.29, 0.717) is 13.0 Å². The van der Waals surface area contributed by atoms with Gasteiger partial charge in [-0.15, -0.1) is 0 Å². The molecule has 224 valence electrons. The summed E-state index contributed by atoms with van der Waals surface area (Å²) in [6.07, 6.45) is 3.22. The molecule has 2 aliphatic heterocycles. The summed E-state index contributed by atoms with van der Waals surface area (Å²) >= 11 is 0. The quantitative estimate of drug-likeness (QED) is 0.513. The van der Waals surface area contributed by atoms with Crippen LogP contribution in [-0.4, -0.2) is 67.5 Å². The van der Waals surface area contributed by atoms with Crippen LogP contribution in [0.1, 0.15) is 58.5 Å². The van der Waals surface area contributed by atoms with Crippen LogP contribution in [-0.2, 0) is 14.5 Å². The number of carbonyl (C=O) groups is 2. The van der Waals surface area contributed by atoms with Crippen molar-refractivity contribution in [1.29, 1.82) is 0 Å². The molecule has 0 fully saturated rings. The topological polar surface area (TPSA) is 131 Å². The molecule has 3 aliphatic rings. The number of aliphatic imine (C=N–C) groups is 1. The first-order valence-electron chi connectivity index (χ1n) is 13.0. The van der Waals surface area contributed by atoms with E-state index in [1.54, 1.807) is 41.5 Å². The molecule has 0 radical (unpaired) electrons. The fourth-order valence-electron chi connectivity index (χ4n) is 5.25. The van der Waals surface area contributed by atoms with Crippen LogP contribution < -0.4 is 15.4 Å². The van der Waals surface area contributed by atoms with Gasteiger partial charge in [-0.1, -0.05) is 6.08 Å². The molecule has 1 aromatic rings. The summed E-state index contributed by atoms with van der Waals surface area (Å²) in [6, 6.07) is 2.40. The summed E-state index contributed by atoms with van der Waals surface area (Å²) in [5.41, 5.74) is -1.95. The second-order valence-electron chi connectivity index (χ2n) is 11.7. The Hall–Kier alpha value is -3.42. The average molecular weight is 598 g/mol. The Labute approximate surface area is 237 Å². The van der Waals surface area contributed by atoms with E-state index in [9.17, 15) is 22.6 Å². The summed E-state index contributed by atoms with van der Waals surface area (Å²) in [4.78, 5) is 34.2. The van der Waals surface area contributed by atoms with E-state index in [4.69, 9.17) is 9.73 Å². The first kappa shape index (κ1) is 30.5. The Morgan fingerprint density at radius 2 is 1.88 bits per heavy atom. The highest BCUT2D eigenvalue weighted by Crippen LogP contribution is 2.48. The number of carbonyl (C=O) groups excluding carboxylic acids is 2. The molecule has 3 heterocycles. The SMILES string of the molecule is CC(C)(C)OC(=O)NC1=N[C@](C)(C2C=C(NC(=O)c3ccc(OC(F)F)cn3)C=CC2F)[C@@H]2CCN=[S@]2(=O)C1(C)C. The summed E-state index contributed by atoms with van der Waals surface area (Å²) in [5.74, 6) is -1.77. The van der Waals surface area contributed by atoms with Gasteiger partial charge in [0.05, 0.1) is 26.7 Å². The van der Waals surface area contributed by atoms with Crippen LogP contribution in [0.2, 0.25) is 0 Å². The first-order valence-corrected chi connectivity index (χ1v) is 14.6. The van der Waals surface area contributed by atoms with Gasteiger partial charge in [-0.05, 0) is 72.2 Å². The normalized spacial score (nSPS) is 30.4. The van der Waals surface area contributed by atoms with Crippen LogP contribution in [0, 0.1) is 5.92 Å². The zero-order valence-electron chi connectivity index (χ0n) is 23.6. The van der Waals surface area contributed by atoms with Crippen LogP contribution >= 0.6 is 0 Å². The summed E-state index contributed by atoms with van der Waals surface area (Å²) in [6.45, 7) is 7.43. The second kappa shape index (κ2) is 10.8. The maximum Gasteiger partial charge on any atom is 0.413 e.